The van der Waals surface area contributed by atoms with Crippen LogP contribution in [0.4, 0.5) is 0 Å². The number of nitrogens with zero attached hydrogens (tertiary/aromatic N) is 7. The number of carboxylic acid groups (broad SMARTS) is 1. The number of carbonyl (C=O) groups is 1. The van der Waals surface area contributed by atoms with Gasteiger partial charge in [-0.3, -0.25) is 9.36 Å². The number of aliphatic hydroxyl groups is 3. The van der Waals surface area contributed by atoms with E-state index in [2.05, 4.69) is 22.4 Å². The maximum absolute atomic E-state index is 13.8. The number of aryl methyl sites for hydroxylation is 2. The molecule has 2 aromatic carbocycles. The first-order chi connectivity index (χ1) is 22.9. The number of aliphatic carboxylic acids is 1. The number of unbranched alkanes of at least 4 members (excludes halogenated alkanes) is 1. The van der Waals surface area contributed by atoms with E-state index in [1.807, 2.05) is 62.3 Å². The quantitative estimate of drug-likeness (QED) is 0.168. The molecule has 4 aromatic rings. The van der Waals surface area contributed by atoms with E-state index >= 15 is 0 Å². The molecular weight excluding hydrogens is 638 g/mol. The van der Waals surface area contributed by atoms with Crippen molar-refractivity contribution in [2.24, 2.45) is 0 Å². The van der Waals surface area contributed by atoms with Gasteiger partial charge in [-0.25, -0.2) is 9.78 Å². The molecule has 0 saturated carbocycles. The van der Waals surface area contributed by atoms with Crippen LogP contribution in [-0.2, 0) is 28.9 Å². The molecule has 5 atom stereocenters. The van der Waals surface area contributed by atoms with E-state index in [1.54, 1.807) is 16.7 Å². The van der Waals surface area contributed by atoms with Gasteiger partial charge in [-0.2, -0.15) is 4.68 Å². The normalized spacial score (nSPS) is 20.9. The summed E-state index contributed by atoms with van der Waals surface area (Å²) in [6, 6.07) is 14.9. The maximum atomic E-state index is 13.8. The molecule has 0 bridgehead atoms. The molecule has 0 radical (unpaired) electrons. The van der Waals surface area contributed by atoms with Crippen molar-refractivity contribution in [1.82, 2.24) is 34.7 Å². The summed E-state index contributed by atoms with van der Waals surface area (Å²) in [5.74, 6) is -0.634. The van der Waals surface area contributed by atoms with Gasteiger partial charge < -0.3 is 30.1 Å². The second-order valence-corrected chi connectivity index (χ2v) is 12.5. The van der Waals surface area contributed by atoms with E-state index in [4.69, 9.17) is 21.9 Å². The van der Waals surface area contributed by atoms with Crippen molar-refractivity contribution in [3.63, 3.8) is 0 Å². The second-order valence-electron chi connectivity index (χ2n) is 12.0. The fourth-order valence-electron chi connectivity index (χ4n) is 5.67. The smallest absolute Gasteiger partial charge is 0.335 e. The van der Waals surface area contributed by atoms with Crippen LogP contribution in [0, 0.1) is 6.92 Å². The molecule has 48 heavy (non-hydrogen) atoms. The zero-order chi connectivity index (χ0) is 34.7. The minimum Gasteiger partial charge on any atom is -0.479 e. The highest BCUT2D eigenvalue weighted by molar-refractivity contribution is 7.80. The SMILES string of the molecule is CCCCc1nc(C)c(CC(=S)N(C)C)c(=O)n1Cc1ccc(-c2ccccc2-c2nnnn2[C@H]2O[C@H](C(=O)O)[C@@H](O)[C@H](O)[C@H]2O)cc1. The van der Waals surface area contributed by atoms with Gasteiger partial charge in [0, 0.05) is 43.8 Å². The number of aromatic nitrogens is 6. The Morgan fingerprint density at radius 1 is 1.02 bits per heavy atom. The van der Waals surface area contributed by atoms with Crippen LogP contribution in [0.5, 0.6) is 0 Å². The molecule has 0 spiro atoms. The van der Waals surface area contributed by atoms with Crippen LogP contribution in [0.2, 0.25) is 0 Å². The van der Waals surface area contributed by atoms with Crippen LogP contribution < -0.4 is 5.56 Å². The average molecular weight is 678 g/mol. The highest BCUT2D eigenvalue weighted by Crippen LogP contribution is 2.35. The fraction of sp³-hybridized carbons (Fsp3) is 0.424. The van der Waals surface area contributed by atoms with Crippen LogP contribution in [0.1, 0.15) is 48.6 Å². The highest BCUT2D eigenvalue weighted by Gasteiger charge is 2.48. The van der Waals surface area contributed by atoms with Crippen LogP contribution in [0.3, 0.4) is 0 Å². The number of ether oxygens (including phenoxy) is 1. The lowest BCUT2D eigenvalue weighted by molar-refractivity contribution is -0.249. The number of carboxylic acids is 1. The molecule has 1 saturated heterocycles. The third kappa shape index (κ3) is 7.05. The van der Waals surface area contributed by atoms with Gasteiger partial charge in [0.05, 0.1) is 11.5 Å². The highest BCUT2D eigenvalue weighted by atomic mass is 32.1. The van der Waals surface area contributed by atoms with Crippen molar-refractivity contribution < 1.29 is 30.0 Å². The van der Waals surface area contributed by atoms with Crippen molar-refractivity contribution in [2.45, 2.75) is 76.7 Å². The molecule has 1 aliphatic heterocycles. The van der Waals surface area contributed by atoms with E-state index in [1.165, 1.54) is 0 Å². The fourth-order valence-corrected chi connectivity index (χ4v) is 5.81. The van der Waals surface area contributed by atoms with Gasteiger partial charge in [0.2, 0.25) is 0 Å². The number of hydrogen-bond donors (Lipinski definition) is 4. The Morgan fingerprint density at radius 3 is 2.35 bits per heavy atom. The molecule has 1 aliphatic rings. The predicted molar refractivity (Wildman–Crippen MR) is 179 cm³/mol. The van der Waals surface area contributed by atoms with Gasteiger partial charge in [-0.05, 0) is 40.5 Å². The lowest BCUT2D eigenvalue weighted by atomic mass is 9.96. The number of benzene rings is 2. The molecule has 4 N–H and O–H groups in total. The largest absolute Gasteiger partial charge is 0.479 e. The lowest BCUT2D eigenvalue weighted by Gasteiger charge is -2.38. The monoisotopic (exact) mass is 677 g/mol. The van der Waals surface area contributed by atoms with Crippen molar-refractivity contribution >= 4 is 23.2 Å². The molecule has 3 heterocycles. The molecule has 15 heteroatoms. The Hall–Kier alpha value is -4.41. The van der Waals surface area contributed by atoms with Crippen LogP contribution in [-0.4, -0.2) is 105 Å². The molecule has 254 valence electrons. The van der Waals surface area contributed by atoms with Gasteiger partial charge in [-0.15, -0.1) is 5.10 Å². The lowest BCUT2D eigenvalue weighted by Crippen LogP contribution is -2.58. The summed E-state index contributed by atoms with van der Waals surface area (Å²) in [5.41, 5.74) is 4.12. The third-order valence-electron chi connectivity index (χ3n) is 8.47. The van der Waals surface area contributed by atoms with E-state index in [9.17, 15) is 30.0 Å². The van der Waals surface area contributed by atoms with Crippen molar-refractivity contribution in [1.29, 1.82) is 0 Å². The van der Waals surface area contributed by atoms with Crippen LogP contribution >= 0.6 is 12.2 Å². The average Bonchev–Trinajstić information content (AvgIpc) is 3.55. The Bertz CT molecular complexity index is 1840. The van der Waals surface area contributed by atoms with Gasteiger partial charge in [-0.1, -0.05) is 74.1 Å². The van der Waals surface area contributed by atoms with Crippen molar-refractivity contribution in [3.05, 3.63) is 81.5 Å². The second kappa shape index (κ2) is 14.8. The Morgan fingerprint density at radius 2 is 1.71 bits per heavy atom. The zero-order valence-electron chi connectivity index (χ0n) is 27.1. The molecule has 0 amide bonds. The number of hydrogen-bond acceptors (Lipinski definition) is 11. The van der Waals surface area contributed by atoms with E-state index in [-0.39, 0.29) is 11.4 Å². The minimum atomic E-state index is -1.85. The molecule has 5 rings (SSSR count). The van der Waals surface area contributed by atoms with Gasteiger partial charge in [0.15, 0.2) is 18.2 Å². The van der Waals surface area contributed by atoms with E-state index < -0.39 is 36.6 Å². The molecule has 0 aliphatic carbocycles. The molecular formula is C33H39N7O7S. The summed E-state index contributed by atoms with van der Waals surface area (Å²) in [6.45, 7) is 4.27. The molecule has 1 fully saturated rings. The number of thiocarbonyl (C=S) groups is 1. The van der Waals surface area contributed by atoms with Crippen molar-refractivity contribution in [3.8, 4) is 22.5 Å². The molecule has 0 unspecified atom stereocenters. The summed E-state index contributed by atoms with van der Waals surface area (Å²) in [4.78, 5) is 32.8. The standard InChI is InChI=1S/C33H39N7O7S/c1-5-6-11-24-34-18(2)23(16-25(48)38(3)4)31(44)39(24)17-19-12-14-20(15-13-19)21-9-7-8-10-22(21)30-35-36-37-40(30)32-28(43)26(41)27(42)29(47-32)33(45)46/h7-10,12-15,26-29,32,41-43H,5-6,11,16-17H2,1-4H3,(H,45,46)/t26-,27-,28+,29-,32-/m0/s1. The van der Waals surface area contributed by atoms with E-state index in [0.717, 1.165) is 40.0 Å². The Balaban J connectivity index is 1.47. The number of likely N-dealkylation sites (N-methyl/N-ethyl adjacent to an activating group) is 1. The van der Waals surface area contributed by atoms with Gasteiger partial charge >= 0.3 is 5.97 Å². The van der Waals surface area contributed by atoms with E-state index in [0.29, 0.717) is 41.2 Å². The minimum absolute atomic E-state index is 0.103. The summed E-state index contributed by atoms with van der Waals surface area (Å²) in [7, 11) is 3.72. The number of aliphatic hydroxyl groups excluding tert-OH is 3. The number of tetrazole rings is 1. The van der Waals surface area contributed by atoms with Crippen molar-refractivity contribution in [2.75, 3.05) is 14.1 Å². The van der Waals surface area contributed by atoms with Crippen LogP contribution in [0.15, 0.2) is 53.3 Å². The van der Waals surface area contributed by atoms with Gasteiger partial charge in [0.1, 0.15) is 24.1 Å². The molecule has 2 aromatic heterocycles. The number of rotatable bonds is 11. The first-order valence-electron chi connectivity index (χ1n) is 15.6. The Kier molecular flexibility index (Phi) is 10.8. The first-order valence-corrected chi connectivity index (χ1v) is 16.0. The summed E-state index contributed by atoms with van der Waals surface area (Å²) in [6.07, 6.45) is -5.82. The molecule has 14 nitrogen and oxygen atoms in total. The summed E-state index contributed by atoms with van der Waals surface area (Å²) in [5, 5.41) is 52.5. The topological polar surface area (TPSA) is 189 Å². The zero-order valence-corrected chi connectivity index (χ0v) is 27.9. The maximum Gasteiger partial charge on any atom is 0.335 e. The summed E-state index contributed by atoms with van der Waals surface area (Å²) < 4.78 is 8.31. The Labute approximate surface area is 282 Å². The third-order valence-corrected chi connectivity index (χ3v) is 8.98. The first kappa shape index (κ1) is 34.9. The summed E-state index contributed by atoms with van der Waals surface area (Å²) >= 11 is 5.50. The van der Waals surface area contributed by atoms with Crippen LogP contribution in [0.25, 0.3) is 22.5 Å². The predicted octanol–water partition coefficient (Wildman–Crippen LogP) is 1.76. The van der Waals surface area contributed by atoms with Gasteiger partial charge in [0.25, 0.3) is 5.56 Å².